The summed E-state index contributed by atoms with van der Waals surface area (Å²) in [6.45, 7) is 4.64. The maximum atomic E-state index is 12.3. The minimum Gasteiger partial charge on any atom is -0.494 e. The summed E-state index contributed by atoms with van der Waals surface area (Å²) in [7, 11) is 2.02. The Hall–Kier alpha value is -1.39. The second-order valence-corrected chi connectivity index (χ2v) is 5.14. The maximum absolute atomic E-state index is 12.3. The van der Waals surface area contributed by atoms with Crippen LogP contribution in [0, 0.1) is 0 Å². The molecule has 2 rings (SSSR count). The first-order chi connectivity index (χ1) is 9.70. The zero-order chi connectivity index (χ0) is 14.4. The lowest BCUT2D eigenvalue weighted by Crippen LogP contribution is -2.39. The molecule has 1 saturated heterocycles. The van der Waals surface area contributed by atoms with Crippen molar-refractivity contribution < 1.29 is 14.3 Å². The van der Waals surface area contributed by atoms with Crippen LogP contribution in [0.25, 0.3) is 0 Å². The lowest BCUT2D eigenvalue weighted by molar-refractivity contribution is 0.0418. The molecule has 0 radical (unpaired) electrons. The molecule has 1 aliphatic heterocycles. The van der Waals surface area contributed by atoms with Crippen LogP contribution >= 0.6 is 0 Å². The molecule has 0 aliphatic carbocycles. The van der Waals surface area contributed by atoms with Gasteiger partial charge in [0.05, 0.1) is 13.2 Å². The minimum absolute atomic E-state index is 0.155. The van der Waals surface area contributed by atoms with Gasteiger partial charge in [0, 0.05) is 24.8 Å². The zero-order valence-electron chi connectivity index (χ0n) is 12.3. The average molecular weight is 277 g/mol. The number of hydrogen-bond donors (Lipinski definition) is 0. The second kappa shape index (κ2) is 7.41. The summed E-state index contributed by atoms with van der Waals surface area (Å²) in [6.07, 6.45) is 2.01. The Bertz CT molecular complexity index is 424. The highest BCUT2D eigenvalue weighted by Crippen LogP contribution is 2.15. The van der Waals surface area contributed by atoms with Crippen LogP contribution in [0.4, 0.5) is 0 Å². The van der Waals surface area contributed by atoms with Gasteiger partial charge in [0.2, 0.25) is 0 Å². The Labute approximate surface area is 120 Å². The van der Waals surface area contributed by atoms with Gasteiger partial charge in [0.25, 0.3) is 0 Å². The highest BCUT2D eigenvalue weighted by atomic mass is 16.5. The normalized spacial score (nSPS) is 16.4. The molecule has 0 atom stereocenters. The second-order valence-electron chi connectivity index (χ2n) is 5.14. The van der Waals surface area contributed by atoms with E-state index in [0.717, 1.165) is 37.4 Å². The molecule has 1 aromatic carbocycles. The van der Waals surface area contributed by atoms with E-state index in [1.807, 2.05) is 38.2 Å². The van der Waals surface area contributed by atoms with Crippen LogP contribution in [-0.4, -0.2) is 50.1 Å². The molecule has 4 heteroatoms. The van der Waals surface area contributed by atoms with Crippen LogP contribution in [0.5, 0.6) is 5.75 Å². The first kappa shape index (κ1) is 15.0. The van der Waals surface area contributed by atoms with Gasteiger partial charge in [0.15, 0.2) is 5.78 Å². The minimum atomic E-state index is 0.155. The van der Waals surface area contributed by atoms with E-state index in [1.54, 1.807) is 0 Å². The summed E-state index contributed by atoms with van der Waals surface area (Å²) >= 11 is 0. The van der Waals surface area contributed by atoms with Gasteiger partial charge in [0.1, 0.15) is 5.75 Å². The van der Waals surface area contributed by atoms with E-state index < -0.39 is 0 Å². The fraction of sp³-hybridized carbons (Fsp3) is 0.562. The molecule has 0 amide bonds. The van der Waals surface area contributed by atoms with Crippen molar-refractivity contribution in [1.29, 1.82) is 0 Å². The number of likely N-dealkylation sites (N-methyl/N-ethyl adjacent to an activating group) is 1. The van der Waals surface area contributed by atoms with E-state index in [-0.39, 0.29) is 5.78 Å². The van der Waals surface area contributed by atoms with E-state index in [0.29, 0.717) is 19.2 Å². The Balaban J connectivity index is 1.89. The molecule has 0 spiro atoms. The lowest BCUT2D eigenvalue weighted by Gasteiger charge is -2.30. The van der Waals surface area contributed by atoms with E-state index in [2.05, 4.69) is 4.90 Å². The molecule has 1 fully saturated rings. The number of benzene rings is 1. The molecular formula is C16H23NO3. The number of carbonyl (C=O) groups is 1. The molecule has 4 nitrogen and oxygen atoms in total. The molecule has 20 heavy (non-hydrogen) atoms. The summed E-state index contributed by atoms with van der Waals surface area (Å²) in [6, 6.07) is 7.84. The fourth-order valence-corrected chi connectivity index (χ4v) is 2.48. The van der Waals surface area contributed by atoms with Crippen molar-refractivity contribution in [3.8, 4) is 5.75 Å². The SMILES string of the molecule is CCOc1ccc(C(=O)CN(C)C2CCOCC2)cc1. The van der Waals surface area contributed by atoms with Gasteiger partial charge in [-0.2, -0.15) is 0 Å². The van der Waals surface area contributed by atoms with E-state index >= 15 is 0 Å². The summed E-state index contributed by atoms with van der Waals surface area (Å²) in [4.78, 5) is 14.4. The van der Waals surface area contributed by atoms with Crippen LogP contribution in [0.2, 0.25) is 0 Å². The summed E-state index contributed by atoms with van der Waals surface area (Å²) in [5.41, 5.74) is 0.743. The summed E-state index contributed by atoms with van der Waals surface area (Å²) in [5.74, 6) is 0.962. The molecule has 0 saturated carbocycles. The number of ketones is 1. The van der Waals surface area contributed by atoms with Crippen LogP contribution in [-0.2, 0) is 4.74 Å². The van der Waals surface area contributed by atoms with Crippen LogP contribution in [0.1, 0.15) is 30.1 Å². The number of nitrogens with zero attached hydrogens (tertiary/aromatic N) is 1. The third-order valence-corrected chi connectivity index (χ3v) is 3.69. The van der Waals surface area contributed by atoms with Crippen molar-refractivity contribution >= 4 is 5.78 Å². The van der Waals surface area contributed by atoms with Crippen molar-refractivity contribution in [1.82, 2.24) is 4.90 Å². The van der Waals surface area contributed by atoms with Gasteiger partial charge in [-0.15, -0.1) is 0 Å². The van der Waals surface area contributed by atoms with Crippen LogP contribution in [0.15, 0.2) is 24.3 Å². The smallest absolute Gasteiger partial charge is 0.176 e. The standard InChI is InChI=1S/C16H23NO3/c1-3-20-15-6-4-13(5-7-15)16(18)12-17(2)14-8-10-19-11-9-14/h4-7,14H,3,8-12H2,1-2H3. The van der Waals surface area contributed by atoms with Gasteiger partial charge in [-0.3, -0.25) is 9.69 Å². The fourth-order valence-electron chi connectivity index (χ4n) is 2.48. The maximum Gasteiger partial charge on any atom is 0.176 e. The van der Waals surface area contributed by atoms with Crippen molar-refractivity contribution in [2.45, 2.75) is 25.8 Å². The molecule has 0 N–H and O–H groups in total. The van der Waals surface area contributed by atoms with Crippen molar-refractivity contribution in [3.05, 3.63) is 29.8 Å². The largest absolute Gasteiger partial charge is 0.494 e. The number of rotatable bonds is 6. The summed E-state index contributed by atoms with van der Waals surface area (Å²) < 4.78 is 10.7. The first-order valence-electron chi connectivity index (χ1n) is 7.24. The molecule has 0 unspecified atom stereocenters. The van der Waals surface area contributed by atoms with E-state index in [1.165, 1.54) is 0 Å². The topological polar surface area (TPSA) is 38.8 Å². The van der Waals surface area contributed by atoms with Crippen molar-refractivity contribution in [2.75, 3.05) is 33.4 Å². The Morgan fingerprint density at radius 1 is 1.30 bits per heavy atom. The third kappa shape index (κ3) is 4.05. The van der Waals surface area contributed by atoms with Gasteiger partial charge in [-0.25, -0.2) is 0 Å². The van der Waals surface area contributed by atoms with E-state index in [4.69, 9.17) is 9.47 Å². The Morgan fingerprint density at radius 3 is 2.55 bits per heavy atom. The Kier molecular flexibility index (Phi) is 5.56. The van der Waals surface area contributed by atoms with Gasteiger partial charge >= 0.3 is 0 Å². The van der Waals surface area contributed by atoms with Crippen molar-refractivity contribution in [3.63, 3.8) is 0 Å². The molecule has 1 heterocycles. The molecule has 0 bridgehead atoms. The van der Waals surface area contributed by atoms with Crippen LogP contribution in [0.3, 0.4) is 0 Å². The average Bonchev–Trinajstić information content (AvgIpc) is 2.49. The number of hydrogen-bond acceptors (Lipinski definition) is 4. The van der Waals surface area contributed by atoms with Gasteiger partial charge < -0.3 is 9.47 Å². The van der Waals surface area contributed by atoms with E-state index in [9.17, 15) is 4.79 Å². The highest BCUT2D eigenvalue weighted by molar-refractivity contribution is 5.97. The quantitative estimate of drug-likeness (QED) is 0.748. The zero-order valence-corrected chi connectivity index (χ0v) is 12.3. The van der Waals surface area contributed by atoms with Gasteiger partial charge in [-0.1, -0.05) is 0 Å². The monoisotopic (exact) mass is 277 g/mol. The number of Topliss-reactive ketones (excluding diaryl/α,β-unsaturated/α-hetero) is 1. The van der Waals surface area contributed by atoms with Gasteiger partial charge in [-0.05, 0) is 51.1 Å². The Morgan fingerprint density at radius 2 is 1.95 bits per heavy atom. The lowest BCUT2D eigenvalue weighted by atomic mass is 10.1. The third-order valence-electron chi connectivity index (χ3n) is 3.69. The molecule has 1 aromatic rings. The molecule has 1 aliphatic rings. The number of ether oxygens (including phenoxy) is 2. The summed E-state index contributed by atoms with van der Waals surface area (Å²) in [5, 5.41) is 0. The van der Waals surface area contributed by atoms with Crippen molar-refractivity contribution in [2.24, 2.45) is 0 Å². The predicted molar refractivity (Wildman–Crippen MR) is 78.4 cm³/mol. The molecule has 110 valence electrons. The predicted octanol–water partition coefficient (Wildman–Crippen LogP) is 2.38. The highest BCUT2D eigenvalue weighted by Gasteiger charge is 2.20. The molecular weight excluding hydrogens is 254 g/mol. The first-order valence-corrected chi connectivity index (χ1v) is 7.24. The number of carbonyl (C=O) groups excluding carboxylic acids is 1. The molecule has 0 aromatic heterocycles. The van der Waals surface area contributed by atoms with Crippen LogP contribution < -0.4 is 4.74 Å².